The number of furan rings is 1. The number of esters is 1. The smallest absolute Gasteiger partial charge is 0.373 e. The lowest BCUT2D eigenvalue weighted by Gasteiger charge is -2.33. The Morgan fingerprint density at radius 1 is 1.47 bits per heavy atom. The molecule has 4 heteroatoms. The summed E-state index contributed by atoms with van der Waals surface area (Å²) in [5.74, 6) is 0.701. The number of nitrogens with one attached hydrogen (secondary N) is 1. The van der Waals surface area contributed by atoms with E-state index in [0.29, 0.717) is 0 Å². The van der Waals surface area contributed by atoms with Gasteiger partial charge >= 0.3 is 5.97 Å². The molecule has 1 aromatic rings. The molecule has 0 aliphatic heterocycles. The summed E-state index contributed by atoms with van der Waals surface area (Å²) in [7, 11) is 1.37. The Labute approximate surface area is 114 Å². The first kappa shape index (κ1) is 14.1. The van der Waals surface area contributed by atoms with Crippen molar-refractivity contribution in [2.45, 2.75) is 45.6 Å². The largest absolute Gasteiger partial charge is 0.463 e. The Morgan fingerprint density at radius 3 is 2.74 bits per heavy atom. The molecule has 1 N–H and O–H groups in total. The molecule has 0 bridgehead atoms. The molecule has 1 saturated carbocycles. The van der Waals surface area contributed by atoms with Gasteiger partial charge in [0.1, 0.15) is 5.76 Å². The zero-order chi connectivity index (χ0) is 13.9. The number of ether oxygens (including phenoxy) is 1. The van der Waals surface area contributed by atoms with E-state index in [-0.39, 0.29) is 17.2 Å². The third kappa shape index (κ3) is 2.84. The molecule has 1 heterocycles. The second-order valence-corrected chi connectivity index (χ2v) is 5.55. The summed E-state index contributed by atoms with van der Waals surface area (Å²) in [6, 6.07) is 3.76. The first-order valence-electron chi connectivity index (χ1n) is 7.02. The van der Waals surface area contributed by atoms with E-state index in [9.17, 15) is 4.79 Å². The maximum Gasteiger partial charge on any atom is 0.373 e. The topological polar surface area (TPSA) is 51.5 Å². The van der Waals surface area contributed by atoms with Crippen molar-refractivity contribution >= 4 is 5.97 Å². The van der Waals surface area contributed by atoms with Crippen molar-refractivity contribution in [3.63, 3.8) is 0 Å². The molecule has 106 valence electrons. The van der Waals surface area contributed by atoms with E-state index in [1.165, 1.54) is 32.8 Å². The van der Waals surface area contributed by atoms with Crippen LogP contribution in [0.2, 0.25) is 0 Å². The SMILES string of the molecule is CCNC(c1ccc(C(=O)OC)o1)C1(C)CCCC1. The molecule has 2 rings (SSSR count). The number of carbonyl (C=O) groups excluding carboxylic acids is 1. The molecule has 0 aromatic carbocycles. The van der Waals surface area contributed by atoms with Crippen LogP contribution in [0.4, 0.5) is 0 Å². The summed E-state index contributed by atoms with van der Waals surface area (Å²) >= 11 is 0. The van der Waals surface area contributed by atoms with Crippen LogP contribution in [0.25, 0.3) is 0 Å². The highest BCUT2D eigenvalue weighted by molar-refractivity contribution is 5.86. The van der Waals surface area contributed by atoms with Crippen molar-refractivity contribution in [2.75, 3.05) is 13.7 Å². The third-order valence-corrected chi connectivity index (χ3v) is 4.15. The summed E-state index contributed by atoms with van der Waals surface area (Å²) in [6.45, 7) is 5.28. The highest BCUT2D eigenvalue weighted by Crippen LogP contribution is 2.47. The van der Waals surface area contributed by atoms with Gasteiger partial charge in [0.05, 0.1) is 13.2 Å². The summed E-state index contributed by atoms with van der Waals surface area (Å²) < 4.78 is 10.4. The number of methoxy groups -OCH3 is 1. The van der Waals surface area contributed by atoms with E-state index in [1.54, 1.807) is 6.07 Å². The zero-order valence-electron chi connectivity index (χ0n) is 12.0. The van der Waals surface area contributed by atoms with Gasteiger partial charge in [-0.05, 0) is 36.9 Å². The maximum absolute atomic E-state index is 11.5. The average molecular weight is 265 g/mol. The first-order valence-corrected chi connectivity index (χ1v) is 7.02. The second kappa shape index (κ2) is 5.78. The van der Waals surface area contributed by atoms with Crippen LogP contribution in [-0.4, -0.2) is 19.6 Å². The Balaban J connectivity index is 2.23. The molecule has 0 saturated heterocycles. The van der Waals surface area contributed by atoms with E-state index in [2.05, 4.69) is 23.9 Å². The summed E-state index contributed by atoms with van der Waals surface area (Å²) in [6.07, 6.45) is 4.92. The van der Waals surface area contributed by atoms with Gasteiger partial charge in [0, 0.05) is 0 Å². The lowest BCUT2D eigenvalue weighted by molar-refractivity contribution is 0.0558. The molecular formula is C15H23NO3. The lowest BCUT2D eigenvalue weighted by atomic mass is 9.79. The van der Waals surface area contributed by atoms with Crippen LogP contribution in [-0.2, 0) is 4.74 Å². The molecule has 1 aliphatic rings. The highest BCUT2D eigenvalue weighted by Gasteiger charge is 2.39. The summed E-state index contributed by atoms with van der Waals surface area (Å²) in [4.78, 5) is 11.5. The fourth-order valence-electron chi connectivity index (χ4n) is 3.08. The van der Waals surface area contributed by atoms with Crippen molar-refractivity contribution in [3.05, 3.63) is 23.7 Å². The Kier molecular flexibility index (Phi) is 4.30. The van der Waals surface area contributed by atoms with Gasteiger partial charge in [-0.1, -0.05) is 26.7 Å². The van der Waals surface area contributed by atoms with Gasteiger partial charge in [0.15, 0.2) is 0 Å². The van der Waals surface area contributed by atoms with Crippen LogP contribution in [0.1, 0.15) is 61.9 Å². The summed E-state index contributed by atoms with van der Waals surface area (Å²) in [5.41, 5.74) is 0.210. The van der Waals surface area contributed by atoms with Crippen LogP contribution in [0.15, 0.2) is 16.5 Å². The van der Waals surface area contributed by atoms with E-state index < -0.39 is 5.97 Å². The highest BCUT2D eigenvalue weighted by atomic mass is 16.5. The third-order valence-electron chi connectivity index (χ3n) is 4.15. The van der Waals surface area contributed by atoms with Crippen LogP contribution in [0.5, 0.6) is 0 Å². The molecule has 0 radical (unpaired) electrons. The normalized spacial score (nSPS) is 19.3. The molecule has 1 aliphatic carbocycles. The van der Waals surface area contributed by atoms with Crippen LogP contribution < -0.4 is 5.32 Å². The van der Waals surface area contributed by atoms with Crippen molar-refractivity contribution in [3.8, 4) is 0 Å². The average Bonchev–Trinajstić information content (AvgIpc) is 3.04. The number of hydrogen-bond acceptors (Lipinski definition) is 4. The van der Waals surface area contributed by atoms with E-state index in [4.69, 9.17) is 4.42 Å². The van der Waals surface area contributed by atoms with Gasteiger partial charge in [-0.25, -0.2) is 4.79 Å². The fourth-order valence-corrected chi connectivity index (χ4v) is 3.08. The van der Waals surface area contributed by atoms with E-state index >= 15 is 0 Å². The molecule has 1 unspecified atom stereocenters. The zero-order valence-corrected chi connectivity index (χ0v) is 12.0. The minimum Gasteiger partial charge on any atom is -0.463 e. The minimum atomic E-state index is -0.418. The van der Waals surface area contributed by atoms with Gasteiger partial charge in [-0.2, -0.15) is 0 Å². The molecule has 0 spiro atoms. The van der Waals surface area contributed by atoms with Gasteiger partial charge in [0.25, 0.3) is 0 Å². The van der Waals surface area contributed by atoms with Crippen LogP contribution in [0.3, 0.4) is 0 Å². The maximum atomic E-state index is 11.5. The van der Waals surface area contributed by atoms with Crippen molar-refractivity contribution < 1.29 is 13.9 Å². The van der Waals surface area contributed by atoms with Crippen molar-refractivity contribution in [1.82, 2.24) is 5.32 Å². The van der Waals surface area contributed by atoms with E-state index in [0.717, 1.165) is 12.3 Å². The minimum absolute atomic E-state index is 0.165. The molecule has 1 atom stereocenters. The molecule has 0 amide bonds. The molecular weight excluding hydrogens is 242 g/mol. The monoisotopic (exact) mass is 265 g/mol. The summed E-state index contributed by atoms with van der Waals surface area (Å²) in [5, 5.41) is 3.51. The van der Waals surface area contributed by atoms with Crippen LogP contribution >= 0.6 is 0 Å². The number of rotatable bonds is 5. The van der Waals surface area contributed by atoms with Gasteiger partial charge in [-0.3, -0.25) is 0 Å². The standard InChI is InChI=1S/C15H23NO3/c1-4-16-13(15(2)9-5-6-10-15)11-7-8-12(19-11)14(17)18-3/h7-8,13,16H,4-6,9-10H2,1-3H3. The first-order chi connectivity index (χ1) is 9.10. The van der Waals surface area contributed by atoms with E-state index in [1.807, 2.05) is 6.07 Å². The Hall–Kier alpha value is -1.29. The van der Waals surface area contributed by atoms with Gasteiger partial charge < -0.3 is 14.5 Å². The van der Waals surface area contributed by atoms with Gasteiger partial charge in [0.2, 0.25) is 5.76 Å². The lowest BCUT2D eigenvalue weighted by Crippen LogP contribution is -2.34. The quantitative estimate of drug-likeness (QED) is 0.830. The van der Waals surface area contributed by atoms with Crippen molar-refractivity contribution in [2.24, 2.45) is 5.41 Å². The van der Waals surface area contributed by atoms with Gasteiger partial charge in [-0.15, -0.1) is 0 Å². The van der Waals surface area contributed by atoms with Crippen LogP contribution in [0, 0.1) is 5.41 Å². The predicted molar refractivity (Wildman–Crippen MR) is 73.0 cm³/mol. The predicted octanol–water partition coefficient (Wildman–Crippen LogP) is 3.30. The number of carbonyl (C=O) groups is 1. The Morgan fingerprint density at radius 2 is 2.16 bits per heavy atom. The molecule has 1 aromatic heterocycles. The van der Waals surface area contributed by atoms with Crippen molar-refractivity contribution in [1.29, 1.82) is 0 Å². The molecule has 1 fully saturated rings. The molecule has 19 heavy (non-hydrogen) atoms. The second-order valence-electron chi connectivity index (χ2n) is 5.55. The Bertz CT molecular complexity index is 432. The molecule has 4 nitrogen and oxygen atoms in total. The fraction of sp³-hybridized carbons (Fsp3) is 0.667. The number of hydrogen-bond donors (Lipinski definition) is 1.